The second kappa shape index (κ2) is 4.07. The van der Waals surface area contributed by atoms with E-state index in [-0.39, 0.29) is 0 Å². The van der Waals surface area contributed by atoms with E-state index in [1.165, 1.54) is 0 Å². The van der Waals surface area contributed by atoms with Crippen molar-refractivity contribution in [1.29, 1.82) is 0 Å². The molecule has 5 heteroatoms. The van der Waals surface area contributed by atoms with Crippen molar-refractivity contribution >= 4 is 7.37 Å². The molecule has 4 nitrogen and oxygen atoms in total. The van der Waals surface area contributed by atoms with Crippen molar-refractivity contribution in [2.75, 3.05) is 13.3 Å². The molecule has 0 radical (unpaired) electrons. The number of aromatic nitrogens is 1. The first-order chi connectivity index (χ1) is 6.03. The smallest absolute Gasteiger partial charge is 0.207 e. The molecule has 13 heavy (non-hydrogen) atoms. The minimum absolute atomic E-state index is 0.321. The molecule has 0 bridgehead atoms. The van der Waals surface area contributed by atoms with Crippen molar-refractivity contribution in [3.63, 3.8) is 0 Å². The Morgan fingerprint density at radius 3 is 2.85 bits per heavy atom. The molecule has 1 aromatic heterocycles. The molecular weight excluding hydrogens is 189 g/mol. The molecule has 1 aromatic rings. The summed E-state index contributed by atoms with van der Waals surface area (Å²) in [6.07, 6.45) is 0.321. The quantitative estimate of drug-likeness (QED) is 0.705. The molecule has 0 aliphatic heterocycles. The number of nitrogens with zero attached hydrogens (tertiary/aromatic N) is 1. The van der Waals surface area contributed by atoms with Gasteiger partial charge in [0.05, 0.1) is 18.5 Å². The second-order valence-corrected chi connectivity index (χ2v) is 5.63. The topological polar surface area (TPSA) is 52.3 Å². The third-order valence-corrected chi connectivity index (χ3v) is 3.21. The lowest BCUT2D eigenvalue weighted by molar-refractivity contribution is 0.328. The first-order valence-corrected chi connectivity index (χ1v) is 6.42. The van der Waals surface area contributed by atoms with E-state index in [4.69, 9.17) is 9.05 Å². The van der Waals surface area contributed by atoms with Crippen LogP contribution in [-0.2, 0) is 15.3 Å². The van der Waals surface area contributed by atoms with E-state index < -0.39 is 7.37 Å². The van der Waals surface area contributed by atoms with Crippen molar-refractivity contribution in [2.45, 2.75) is 20.0 Å². The Bertz CT molecular complexity index is 321. The van der Waals surface area contributed by atoms with Crippen molar-refractivity contribution < 1.29 is 13.6 Å². The minimum atomic E-state index is -2.53. The summed E-state index contributed by atoms with van der Waals surface area (Å²) >= 11 is 0. The zero-order valence-corrected chi connectivity index (χ0v) is 9.01. The zero-order chi connectivity index (χ0) is 9.90. The van der Waals surface area contributed by atoms with E-state index in [1.54, 1.807) is 12.7 Å². The second-order valence-electron chi connectivity index (χ2n) is 3.02. The largest absolute Gasteiger partial charge is 0.361 e. The maximum absolute atomic E-state index is 11.7. The van der Waals surface area contributed by atoms with Gasteiger partial charge in [-0.05, 0) is 13.8 Å². The van der Waals surface area contributed by atoms with Crippen molar-refractivity contribution in [1.82, 2.24) is 5.16 Å². The molecule has 0 aliphatic rings. The first-order valence-electron chi connectivity index (χ1n) is 4.17. The summed E-state index contributed by atoms with van der Waals surface area (Å²) in [5.74, 6) is 0.622. The summed E-state index contributed by atoms with van der Waals surface area (Å²) in [6.45, 7) is 5.71. The molecule has 0 aliphatic carbocycles. The van der Waals surface area contributed by atoms with E-state index in [0.717, 1.165) is 5.69 Å². The van der Waals surface area contributed by atoms with E-state index in [9.17, 15) is 4.57 Å². The third kappa shape index (κ3) is 3.33. The van der Waals surface area contributed by atoms with Crippen LogP contribution >= 0.6 is 7.37 Å². The van der Waals surface area contributed by atoms with Gasteiger partial charge in [-0.3, -0.25) is 4.57 Å². The van der Waals surface area contributed by atoms with Crippen LogP contribution in [0.5, 0.6) is 0 Å². The molecule has 0 amide bonds. The molecule has 0 aromatic carbocycles. The highest BCUT2D eigenvalue weighted by molar-refractivity contribution is 7.57. The fourth-order valence-corrected chi connectivity index (χ4v) is 2.45. The number of aryl methyl sites for hydroxylation is 1. The van der Waals surface area contributed by atoms with Gasteiger partial charge in [0.25, 0.3) is 0 Å². The normalized spacial score (nSPS) is 15.6. The van der Waals surface area contributed by atoms with E-state index in [1.807, 2.05) is 13.8 Å². The van der Waals surface area contributed by atoms with Crippen molar-refractivity contribution in [2.24, 2.45) is 0 Å². The van der Waals surface area contributed by atoms with Crippen LogP contribution < -0.4 is 0 Å². The van der Waals surface area contributed by atoms with Gasteiger partial charge in [-0.15, -0.1) is 0 Å². The Morgan fingerprint density at radius 2 is 2.38 bits per heavy atom. The minimum Gasteiger partial charge on any atom is -0.361 e. The molecule has 0 N–H and O–H groups in total. The zero-order valence-electron chi connectivity index (χ0n) is 8.11. The van der Waals surface area contributed by atoms with Gasteiger partial charge >= 0.3 is 0 Å². The molecule has 0 fully saturated rings. The molecule has 0 saturated heterocycles. The molecular formula is C8H14NO3P. The predicted molar refractivity (Wildman–Crippen MR) is 50.1 cm³/mol. The summed E-state index contributed by atoms with van der Waals surface area (Å²) in [5, 5.41) is 3.71. The van der Waals surface area contributed by atoms with Crippen LogP contribution in [0.4, 0.5) is 0 Å². The Labute approximate surface area is 77.7 Å². The Kier molecular flexibility index (Phi) is 3.28. The van der Waals surface area contributed by atoms with Crippen LogP contribution in [0.2, 0.25) is 0 Å². The Hall–Kier alpha value is -0.600. The van der Waals surface area contributed by atoms with Crippen LogP contribution in [0.15, 0.2) is 10.6 Å². The monoisotopic (exact) mass is 203 g/mol. The number of hydrogen-bond acceptors (Lipinski definition) is 4. The van der Waals surface area contributed by atoms with Gasteiger partial charge in [-0.2, -0.15) is 0 Å². The third-order valence-electron chi connectivity index (χ3n) is 1.52. The molecule has 74 valence electrons. The van der Waals surface area contributed by atoms with E-state index >= 15 is 0 Å². The summed E-state index contributed by atoms with van der Waals surface area (Å²) in [6, 6.07) is 1.77. The highest BCUT2D eigenvalue weighted by Gasteiger charge is 2.18. The lowest BCUT2D eigenvalue weighted by atomic mass is 10.4. The fourth-order valence-electron chi connectivity index (χ4n) is 1.09. The molecule has 0 spiro atoms. The number of rotatable bonds is 4. The van der Waals surface area contributed by atoms with Crippen molar-refractivity contribution in [3.05, 3.63) is 17.5 Å². The van der Waals surface area contributed by atoms with Gasteiger partial charge < -0.3 is 9.05 Å². The molecule has 1 unspecified atom stereocenters. The van der Waals surface area contributed by atoms with Crippen LogP contribution in [0, 0.1) is 6.92 Å². The maximum Gasteiger partial charge on any atom is 0.207 e. The average molecular weight is 203 g/mol. The van der Waals surface area contributed by atoms with Crippen LogP contribution in [0.3, 0.4) is 0 Å². The van der Waals surface area contributed by atoms with Gasteiger partial charge in [-0.25, -0.2) is 0 Å². The standard InChI is InChI=1S/C8H14NO3P/c1-4-11-13(3,10)6-8-5-7(2)9-12-8/h5H,4,6H2,1-3H3. The molecule has 0 saturated carbocycles. The van der Waals surface area contributed by atoms with E-state index in [0.29, 0.717) is 18.5 Å². The summed E-state index contributed by atoms with van der Waals surface area (Å²) in [4.78, 5) is 0. The summed E-state index contributed by atoms with van der Waals surface area (Å²) in [5.41, 5.74) is 0.798. The first kappa shape index (κ1) is 10.5. The van der Waals surface area contributed by atoms with Crippen LogP contribution in [0.25, 0.3) is 0 Å². The molecule has 1 atom stereocenters. The highest BCUT2D eigenvalue weighted by Crippen LogP contribution is 2.45. The van der Waals surface area contributed by atoms with Gasteiger partial charge in [0.15, 0.2) is 0 Å². The lowest BCUT2D eigenvalue weighted by Gasteiger charge is -2.09. The fraction of sp³-hybridized carbons (Fsp3) is 0.625. The van der Waals surface area contributed by atoms with Gasteiger partial charge in [0.2, 0.25) is 7.37 Å². The Morgan fingerprint density at radius 1 is 1.69 bits per heavy atom. The Balaban J connectivity index is 2.63. The van der Waals surface area contributed by atoms with E-state index in [2.05, 4.69) is 5.16 Å². The summed E-state index contributed by atoms with van der Waals surface area (Å²) < 4.78 is 21.7. The predicted octanol–water partition coefficient (Wildman–Crippen LogP) is 2.43. The average Bonchev–Trinajstić information content (AvgIpc) is 2.34. The SMILES string of the molecule is CCOP(C)(=O)Cc1cc(C)no1. The highest BCUT2D eigenvalue weighted by atomic mass is 31.2. The van der Waals surface area contributed by atoms with Gasteiger partial charge in [0.1, 0.15) is 5.76 Å². The lowest BCUT2D eigenvalue weighted by Crippen LogP contribution is -1.91. The maximum atomic E-state index is 11.7. The van der Waals surface area contributed by atoms with Crippen molar-refractivity contribution in [3.8, 4) is 0 Å². The molecule has 1 heterocycles. The van der Waals surface area contributed by atoms with Crippen LogP contribution in [0.1, 0.15) is 18.4 Å². The van der Waals surface area contributed by atoms with Gasteiger partial charge in [-0.1, -0.05) is 5.16 Å². The summed E-state index contributed by atoms with van der Waals surface area (Å²) in [7, 11) is -2.53. The van der Waals surface area contributed by atoms with Gasteiger partial charge in [0, 0.05) is 12.7 Å². The number of hydrogen-bond donors (Lipinski definition) is 0. The molecule has 1 rings (SSSR count). The van der Waals surface area contributed by atoms with Crippen LogP contribution in [-0.4, -0.2) is 18.4 Å².